The van der Waals surface area contributed by atoms with Gasteiger partial charge in [-0.25, -0.2) is 0 Å². The van der Waals surface area contributed by atoms with Crippen molar-refractivity contribution in [3.05, 3.63) is 42.0 Å². The highest BCUT2D eigenvalue weighted by Crippen LogP contribution is 2.31. The van der Waals surface area contributed by atoms with Gasteiger partial charge in [-0.1, -0.05) is 30.3 Å². The van der Waals surface area contributed by atoms with Crippen LogP contribution in [0.25, 0.3) is 10.8 Å². The molecule has 2 aromatic rings. The number of carbonyl (C=O) groups is 1. The first-order valence-corrected chi connectivity index (χ1v) is 7.95. The number of fused-ring (bicyclic) bond motifs is 1. The van der Waals surface area contributed by atoms with Gasteiger partial charge in [0.05, 0.1) is 5.92 Å². The molecule has 0 radical (unpaired) electrons. The maximum atomic E-state index is 12.7. The number of carboxylic acids is 1. The molecule has 1 saturated heterocycles. The summed E-state index contributed by atoms with van der Waals surface area (Å²) in [5.41, 5.74) is 0.724. The van der Waals surface area contributed by atoms with Crippen molar-refractivity contribution in [2.45, 2.75) is 26.0 Å². The largest absolute Gasteiger partial charge is 0.481 e. The molecule has 0 amide bonds. The predicted octanol–water partition coefficient (Wildman–Crippen LogP) is 3.74. The van der Waals surface area contributed by atoms with Gasteiger partial charge in [-0.05, 0) is 42.8 Å². The molecule has 0 atom stereocenters. The Kier molecular flexibility index (Phi) is 4.94. The molecule has 128 valence electrons. The van der Waals surface area contributed by atoms with Gasteiger partial charge in [0.1, 0.15) is 5.75 Å². The number of piperidine rings is 1. The van der Waals surface area contributed by atoms with Gasteiger partial charge in [-0.2, -0.15) is 8.78 Å². The summed E-state index contributed by atoms with van der Waals surface area (Å²) in [6, 6.07) is 10.9. The second-order valence-electron chi connectivity index (χ2n) is 6.03. The number of nitrogens with zero attached hydrogens (tertiary/aromatic N) is 1. The van der Waals surface area contributed by atoms with Gasteiger partial charge in [-0.15, -0.1) is 0 Å². The summed E-state index contributed by atoms with van der Waals surface area (Å²) >= 11 is 0. The lowest BCUT2D eigenvalue weighted by molar-refractivity contribution is -0.143. The number of benzene rings is 2. The summed E-state index contributed by atoms with van der Waals surface area (Å²) in [4.78, 5) is 13.1. The molecule has 0 aliphatic carbocycles. The van der Waals surface area contributed by atoms with Gasteiger partial charge < -0.3 is 9.84 Å². The average Bonchev–Trinajstić information content (AvgIpc) is 2.57. The zero-order valence-electron chi connectivity index (χ0n) is 13.1. The predicted molar refractivity (Wildman–Crippen MR) is 86.2 cm³/mol. The molecule has 0 spiro atoms. The maximum absolute atomic E-state index is 12.7. The Balaban J connectivity index is 1.85. The van der Waals surface area contributed by atoms with Gasteiger partial charge in [0.25, 0.3) is 0 Å². The van der Waals surface area contributed by atoms with E-state index in [0.717, 1.165) is 16.3 Å². The summed E-state index contributed by atoms with van der Waals surface area (Å²) in [7, 11) is 0. The lowest BCUT2D eigenvalue weighted by atomic mass is 9.96. The van der Waals surface area contributed by atoms with E-state index in [9.17, 15) is 13.6 Å². The molecule has 3 rings (SSSR count). The van der Waals surface area contributed by atoms with Crippen molar-refractivity contribution >= 4 is 16.7 Å². The number of alkyl halides is 2. The number of carboxylic acid groups (broad SMARTS) is 1. The molecule has 24 heavy (non-hydrogen) atoms. The molecule has 1 aliphatic heterocycles. The van der Waals surface area contributed by atoms with E-state index in [1.807, 2.05) is 24.3 Å². The van der Waals surface area contributed by atoms with Gasteiger partial charge >= 0.3 is 12.6 Å². The third kappa shape index (κ3) is 3.64. The Morgan fingerprint density at radius 3 is 2.58 bits per heavy atom. The highest BCUT2D eigenvalue weighted by Gasteiger charge is 2.25. The van der Waals surface area contributed by atoms with Crippen LogP contribution in [0.4, 0.5) is 8.78 Å². The molecule has 4 nitrogen and oxygen atoms in total. The first-order valence-electron chi connectivity index (χ1n) is 7.95. The van der Waals surface area contributed by atoms with E-state index >= 15 is 0 Å². The summed E-state index contributed by atoms with van der Waals surface area (Å²) in [5, 5.41) is 10.9. The van der Waals surface area contributed by atoms with E-state index in [1.165, 1.54) is 0 Å². The van der Waals surface area contributed by atoms with E-state index < -0.39 is 12.6 Å². The third-order valence-corrected chi connectivity index (χ3v) is 4.53. The molecule has 1 N–H and O–H groups in total. The van der Waals surface area contributed by atoms with Crippen molar-refractivity contribution in [3.8, 4) is 5.75 Å². The van der Waals surface area contributed by atoms with Crippen LogP contribution in [-0.2, 0) is 11.3 Å². The molecule has 1 aliphatic rings. The number of halogens is 2. The first kappa shape index (κ1) is 16.6. The lowest BCUT2D eigenvalue weighted by Crippen LogP contribution is -2.36. The van der Waals surface area contributed by atoms with Gasteiger partial charge in [-0.3, -0.25) is 9.69 Å². The summed E-state index contributed by atoms with van der Waals surface area (Å²) in [6.45, 7) is -1.14. The Morgan fingerprint density at radius 1 is 1.21 bits per heavy atom. The van der Waals surface area contributed by atoms with Crippen LogP contribution in [0, 0.1) is 5.92 Å². The molecule has 1 fully saturated rings. The van der Waals surface area contributed by atoms with Crippen molar-refractivity contribution in [1.29, 1.82) is 0 Å². The zero-order chi connectivity index (χ0) is 17.1. The topological polar surface area (TPSA) is 49.8 Å². The van der Waals surface area contributed by atoms with Crippen molar-refractivity contribution in [2.24, 2.45) is 5.92 Å². The van der Waals surface area contributed by atoms with Crippen molar-refractivity contribution in [1.82, 2.24) is 4.90 Å². The van der Waals surface area contributed by atoms with Crippen LogP contribution in [-0.4, -0.2) is 35.7 Å². The summed E-state index contributed by atoms with van der Waals surface area (Å²) in [5.74, 6) is -0.892. The summed E-state index contributed by atoms with van der Waals surface area (Å²) < 4.78 is 30.1. The fourth-order valence-electron chi connectivity index (χ4n) is 3.25. The summed E-state index contributed by atoms with van der Waals surface area (Å²) in [6.07, 6.45) is 1.15. The normalized spacial score (nSPS) is 16.6. The Bertz CT molecular complexity index is 727. The van der Waals surface area contributed by atoms with E-state index in [0.29, 0.717) is 32.5 Å². The smallest absolute Gasteiger partial charge is 0.387 e. The Hall–Kier alpha value is -2.21. The number of aliphatic carboxylic acids is 1. The quantitative estimate of drug-likeness (QED) is 0.904. The number of hydrogen-bond acceptors (Lipinski definition) is 3. The molecule has 0 aromatic heterocycles. The fourth-order valence-corrected chi connectivity index (χ4v) is 3.25. The van der Waals surface area contributed by atoms with Crippen LogP contribution in [0.15, 0.2) is 36.4 Å². The fraction of sp³-hybridized carbons (Fsp3) is 0.389. The molecule has 0 saturated carbocycles. The minimum atomic E-state index is -2.87. The second kappa shape index (κ2) is 7.13. The Morgan fingerprint density at radius 2 is 1.92 bits per heavy atom. The molecule has 0 unspecified atom stereocenters. The SMILES string of the molecule is O=C(O)C1CCN(Cc2c(OC(F)F)ccc3ccccc23)CC1. The second-order valence-corrected chi connectivity index (χ2v) is 6.03. The molecular weight excluding hydrogens is 316 g/mol. The van der Waals surface area contributed by atoms with Gasteiger partial charge in [0.15, 0.2) is 0 Å². The standard InChI is InChI=1S/C18H19F2NO3/c19-18(20)24-16-6-5-12-3-1-2-4-14(12)15(16)11-21-9-7-13(8-10-21)17(22)23/h1-6,13,18H,7-11H2,(H,22,23). The molecule has 2 aromatic carbocycles. The van der Waals surface area contributed by atoms with E-state index in [2.05, 4.69) is 4.90 Å². The maximum Gasteiger partial charge on any atom is 0.387 e. The van der Waals surface area contributed by atoms with Crippen molar-refractivity contribution in [3.63, 3.8) is 0 Å². The molecule has 1 heterocycles. The number of likely N-dealkylation sites (tertiary alicyclic amines) is 1. The average molecular weight is 335 g/mol. The number of ether oxygens (including phenoxy) is 1. The Labute approximate surface area is 138 Å². The van der Waals surface area contributed by atoms with Crippen molar-refractivity contribution in [2.75, 3.05) is 13.1 Å². The molecular formula is C18H19F2NO3. The zero-order valence-corrected chi connectivity index (χ0v) is 13.1. The molecule has 0 bridgehead atoms. The van der Waals surface area contributed by atoms with E-state index in [1.54, 1.807) is 12.1 Å². The number of hydrogen-bond donors (Lipinski definition) is 1. The monoisotopic (exact) mass is 335 g/mol. The van der Waals surface area contributed by atoms with Crippen molar-refractivity contribution < 1.29 is 23.4 Å². The third-order valence-electron chi connectivity index (χ3n) is 4.53. The minimum Gasteiger partial charge on any atom is -0.481 e. The van der Waals surface area contributed by atoms with Crippen LogP contribution in [0.1, 0.15) is 18.4 Å². The lowest BCUT2D eigenvalue weighted by Gasteiger charge is -2.30. The first-order chi connectivity index (χ1) is 11.5. The minimum absolute atomic E-state index is 0.184. The van der Waals surface area contributed by atoms with Gasteiger partial charge in [0, 0.05) is 12.1 Å². The number of rotatable bonds is 5. The van der Waals surface area contributed by atoms with Crippen LogP contribution in [0.5, 0.6) is 5.75 Å². The van der Waals surface area contributed by atoms with Crippen LogP contribution >= 0.6 is 0 Å². The van der Waals surface area contributed by atoms with Gasteiger partial charge in [0.2, 0.25) is 0 Å². The highest BCUT2D eigenvalue weighted by molar-refractivity contribution is 5.87. The van der Waals surface area contributed by atoms with Crippen LogP contribution in [0.3, 0.4) is 0 Å². The van der Waals surface area contributed by atoms with Crippen LogP contribution < -0.4 is 4.74 Å². The highest BCUT2D eigenvalue weighted by atomic mass is 19.3. The van der Waals surface area contributed by atoms with E-state index in [4.69, 9.17) is 9.84 Å². The van der Waals surface area contributed by atoms with E-state index in [-0.39, 0.29) is 11.7 Å². The van der Waals surface area contributed by atoms with Crippen LogP contribution in [0.2, 0.25) is 0 Å². The molecule has 6 heteroatoms.